The maximum atomic E-state index is 11.3. The Hall–Kier alpha value is -0.610. The van der Waals surface area contributed by atoms with Crippen LogP contribution in [0.3, 0.4) is 0 Å². The highest BCUT2D eigenvalue weighted by Crippen LogP contribution is 1.96. The Morgan fingerprint density at radius 3 is 2.64 bits per heavy atom. The lowest BCUT2D eigenvalue weighted by Gasteiger charge is -2.16. The van der Waals surface area contributed by atoms with E-state index in [4.69, 9.17) is 10.5 Å². The quantitative estimate of drug-likeness (QED) is 0.587. The number of likely N-dealkylation sites (N-methyl/N-ethyl adjacent to an activating group) is 1. The normalized spacial score (nSPS) is 10.2. The maximum Gasteiger partial charge on any atom is 0.248 e. The van der Waals surface area contributed by atoms with Crippen molar-refractivity contribution in [1.82, 2.24) is 4.90 Å². The second-order valence-corrected chi connectivity index (χ2v) is 3.30. The van der Waals surface area contributed by atoms with Crippen molar-refractivity contribution in [3.05, 3.63) is 0 Å². The molecule has 0 saturated heterocycles. The molecule has 0 bridgehead atoms. The lowest BCUT2D eigenvalue weighted by Crippen LogP contribution is -2.31. The van der Waals surface area contributed by atoms with Crippen LogP contribution in [0.2, 0.25) is 0 Å². The summed E-state index contributed by atoms with van der Waals surface area (Å²) in [5.41, 5.74) is 5.37. The third-order valence-electron chi connectivity index (χ3n) is 2.05. The minimum atomic E-state index is 0.0552. The molecular formula is C10H22N2O2. The number of nitrogens with two attached hydrogens (primary N) is 1. The third kappa shape index (κ3) is 6.86. The fourth-order valence-corrected chi connectivity index (χ4v) is 1.09. The number of rotatable bonds is 8. The summed E-state index contributed by atoms with van der Waals surface area (Å²) in [6.45, 7) is 4.20. The molecule has 0 fully saturated rings. The van der Waals surface area contributed by atoms with Gasteiger partial charge in [-0.05, 0) is 26.3 Å². The Morgan fingerprint density at radius 1 is 1.36 bits per heavy atom. The summed E-state index contributed by atoms with van der Waals surface area (Å²) < 4.78 is 5.03. The van der Waals surface area contributed by atoms with Gasteiger partial charge in [-0.25, -0.2) is 0 Å². The zero-order chi connectivity index (χ0) is 10.8. The van der Waals surface area contributed by atoms with E-state index in [0.717, 1.165) is 32.4 Å². The largest absolute Gasteiger partial charge is 0.372 e. The number of amides is 1. The van der Waals surface area contributed by atoms with Gasteiger partial charge in [0, 0.05) is 20.2 Å². The fourth-order valence-electron chi connectivity index (χ4n) is 1.09. The van der Waals surface area contributed by atoms with Crippen LogP contribution in [0.25, 0.3) is 0 Å². The van der Waals surface area contributed by atoms with E-state index >= 15 is 0 Å². The van der Waals surface area contributed by atoms with Crippen molar-refractivity contribution in [3.8, 4) is 0 Å². The van der Waals surface area contributed by atoms with Crippen LogP contribution in [0.5, 0.6) is 0 Å². The molecule has 0 aromatic rings. The monoisotopic (exact) mass is 202 g/mol. The zero-order valence-corrected chi connectivity index (χ0v) is 9.29. The van der Waals surface area contributed by atoms with Gasteiger partial charge in [0.2, 0.25) is 5.91 Å². The van der Waals surface area contributed by atoms with Crippen LogP contribution in [0, 0.1) is 0 Å². The van der Waals surface area contributed by atoms with Gasteiger partial charge in [-0.2, -0.15) is 0 Å². The predicted octanol–water partition coefficient (Wildman–Crippen LogP) is 0.610. The first-order chi connectivity index (χ1) is 6.72. The van der Waals surface area contributed by atoms with E-state index in [1.807, 2.05) is 14.0 Å². The van der Waals surface area contributed by atoms with Gasteiger partial charge in [-0.15, -0.1) is 0 Å². The standard InChI is InChI=1S/C10H22N2O2/c1-3-14-9-10(13)12(2)8-6-4-5-7-11/h3-9,11H2,1-2H3. The molecule has 0 heterocycles. The molecule has 0 rings (SSSR count). The predicted molar refractivity (Wildman–Crippen MR) is 57.0 cm³/mol. The average Bonchev–Trinajstić information content (AvgIpc) is 2.20. The fraction of sp³-hybridized carbons (Fsp3) is 0.900. The second kappa shape index (κ2) is 8.97. The molecule has 4 nitrogen and oxygen atoms in total. The average molecular weight is 202 g/mol. The number of carbonyl (C=O) groups is 1. The third-order valence-corrected chi connectivity index (χ3v) is 2.05. The molecule has 0 aromatic heterocycles. The number of nitrogens with zero attached hydrogens (tertiary/aromatic N) is 1. The molecule has 14 heavy (non-hydrogen) atoms. The summed E-state index contributed by atoms with van der Waals surface area (Å²) in [5.74, 6) is 0.0552. The molecule has 2 N–H and O–H groups in total. The minimum Gasteiger partial charge on any atom is -0.372 e. The molecule has 0 aliphatic rings. The van der Waals surface area contributed by atoms with E-state index < -0.39 is 0 Å². The summed E-state index contributed by atoms with van der Waals surface area (Å²) in [6.07, 6.45) is 3.14. The van der Waals surface area contributed by atoms with Crippen molar-refractivity contribution >= 4 is 5.91 Å². The Labute approximate surface area is 86.4 Å². The zero-order valence-electron chi connectivity index (χ0n) is 9.29. The van der Waals surface area contributed by atoms with Crippen LogP contribution in [0.1, 0.15) is 26.2 Å². The van der Waals surface area contributed by atoms with E-state index in [2.05, 4.69) is 0 Å². The van der Waals surface area contributed by atoms with Crippen LogP contribution in [-0.4, -0.2) is 44.2 Å². The number of hydrogen-bond acceptors (Lipinski definition) is 3. The van der Waals surface area contributed by atoms with Crippen molar-refractivity contribution in [1.29, 1.82) is 0 Å². The summed E-state index contributed by atoms with van der Waals surface area (Å²) >= 11 is 0. The van der Waals surface area contributed by atoms with Crippen molar-refractivity contribution in [2.75, 3.05) is 33.4 Å². The molecule has 0 spiro atoms. The summed E-state index contributed by atoms with van der Waals surface area (Å²) in [7, 11) is 1.81. The van der Waals surface area contributed by atoms with Crippen molar-refractivity contribution in [2.24, 2.45) is 5.73 Å². The van der Waals surface area contributed by atoms with Crippen LogP contribution in [0.15, 0.2) is 0 Å². The van der Waals surface area contributed by atoms with E-state index in [9.17, 15) is 4.79 Å². The van der Waals surface area contributed by atoms with Crippen LogP contribution < -0.4 is 5.73 Å². The lowest BCUT2D eigenvalue weighted by molar-refractivity contribution is -0.134. The first-order valence-corrected chi connectivity index (χ1v) is 5.24. The Morgan fingerprint density at radius 2 is 2.07 bits per heavy atom. The van der Waals surface area contributed by atoms with Gasteiger partial charge in [0.1, 0.15) is 6.61 Å². The number of hydrogen-bond donors (Lipinski definition) is 1. The highest BCUT2D eigenvalue weighted by molar-refractivity contribution is 5.77. The molecule has 0 aliphatic heterocycles. The van der Waals surface area contributed by atoms with Gasteiger partial charge in [-0.3, -0.25) is 4.79 Å². The van der Waals surface area contributed by atoms with Crippen molar-refractivity contribution < 1.29 is 9.53 Å². The Kier molecular flexibility index (Phi) is 8.57. The molecule has 0 radical (unpaired) electrons. The molecule has 0 saturated carbocycles. The Balaban J connectivity index is 3.42. The summed E-state index contributed by atoms with van der Waals surface area (Å²) in [4.78, 5) is 13.1. The molecule has 0 atom stereocenters. The summed E-state index contributed by atoms with van der Waals surface area (Å²) in [5, 5.41) is 0. The minimum absolute atomic E-state index is 0.0552. The van der Waals surface area contributed by atoms with Gasteiger partial charge in [0.05, 0.1) is 0 Å². The molecular weight excluding hydrogens is 180 g/mol. The van der Waals surface area contributed by atoms with Gasteiger partial charge in [-0.1, -0.05) is 6.42 Å². The highest BCUT2D eigenvalue weighted by atomic mass is 16.5. The second-order valence-electron chi connectivity index (χ2n) is 3.30. The Bertz CT molecular complexity index is 151. The SMILES string of the molecule is CCOCC(=O)N(C)CCCCCN. The number of unbranched alkanes of at least 4 members (excludes halogenated alkanes) is 2. The van der Waals surface area contributed by atoms with E-state index in [1.165, 1.54) is 0 Å². The molecule has 1 amide bonds. The van der Waals surface area contributed by atoms with Gasteiger partial charge >= 0.3 is 0 Å². The lowest BCUT2D eigenvalue weighted by atomic mass is 10.2. The molecule has 0 unspecified atom stereocenters. The van der Waals surface area contributed by atoms with E-state index in [0.29, 0.717) is 6.61 Å². The smallest absolute Gasteiger partial charge is 0.248 e. The van der Waals surface area contributed by atoms with Gasteiger partial charge in [0.25, 0.3) is 0 Å². The highest BCUT2D eigenvalue weighted by Gasteiger charge is 2.06. The molecule has 0 aromatic carbocycles. The topological polar surface area (TPSA) is 55.6 Å². The van der Waals surface area contributed by atoms with Gasteiger partial charge in [0.15, 0.2) is 0 Å². The van der Waals surface area contributed by atoms with Crippen LogP contribution in [-0.2, 0) is 9.53 Å². The first kappa shape index (κ1) is 13.4. The number of ether oxygens (including phenoxy) is 1. The number of carbonyl (C=O) groups excluding carboxylic acids is 1. The molecule has 84 valence electrons. The van der Waals surface area contributed by atoms with E-state index in [-0.39, 0.29) is 12.5 Å². The van der Waals surface area contributed by atoms with Crippen LogP contribution in [0.4, 0.5) is 0 Å². The summed E-state index contributed by atoms with van der Waals surface area (Å²) in [6, 6.07) is 0. The van der Waals surface area contributed by atoms with Crippen molar-refractivity contribution in [2.45, 2.75) is 26.2 Å². The van der Waals surface area contributed by atoms with E-state index in [1.54, 1.807) is 4.90 Å². The first-order valence-electron chi connectivity index (χ1n) is 5.24. The molecule has 0 aliphatic carbocycles. The maximum absolute atomic E-state index is 11.3. The van der Waals surface area contributed by atoms with Crippen LogP contribution >= 0.6 is 0 Å². The van der Waals surface area contributed by atoms with Gasteiger partial charge < -0.3 is 15.4 Å². The molecule has 4 heteroatoms. The van der Waals surface area contributed by atoms with Crippen molar-refractivity contribution in [3.63, 3.8) is 0 Å².